The second-order valence-corrected chi connectivity index (χ2v) is 6.26. The van der Waals surface area contributed by atoms with Crippen molar-refractivity contribution in [3.63, 3.8) is 0 Å². The Hall–Kier alpha value is -2.62. The summed E-state index contributed by atoms with van der Waals surface area (Å²) in [6.45, 7) is 8.11. The fourth-order valence-electron chi connectivity index (χ4n) is 3.03. The summed E-state index contributed by atoms with van der Waals surface area (Å²) in [5, 5.41) is 0. The molecular weight excluding hydrogens is 324 g/mol. The van der Waals surface area contributed by atoms with Crippen LogP contribution in [0.1, 0.15) is 54.3 Å². The summed E-state index contributed by atoms with van der Waals surface area (Å²) in [5.74, 6) is -0.100. The number of carbonyl (C=O) groups is 2. The summed E-state index contributed by atoms with van der Waals surface area (Å²) in [6, 6.07) is 16.7. The van der Waals surface area contributed by atoms with Gasteiger partial charge >= 0.3 is 0 Å². The summed E-state index contributed by atoms with van der Waals surface area (Å²) in [5.41, 5.74) is 1.96. The minimum absolute atomic E-state index is 0.00823. The molecule has 0 spiro atoms. The average molecular weight is 352 g/mol. The summed E-state index contributed by atoms with van der Waals surface area (Å²) < 4.78 is 0. The zero-order valence-electron chi connectivity index (χ0n) is 15.9. The molecule has 2 rings (SSSR count). The molecule has 0 aliphatic heterocycles. The molecule has 2 aromatic carbocycles. The highest BCUT2D eigenvalue weighted by Gasteiger charge is 2.19. The van der Waals surface area contributed by atoms with Crippen molar-refractivity contribution >= 4 is 17.5 Å². The van der Waals surface area contributed by atoms with Crippen molar-refractivity contribution in [3.8, 4) is 0 Å². The largest absolute Gasteiger partial charge is 0.339 e. The molecule has 4 nitrogen and oxygen atoms in total. The molecule has 0 aliphatic carbocycles. The molecule has 0 unspecified atom stereocenters. The number of nitrogens with zero attached hydrogens (tertiary/aromatic N) is 2. The van der Waals surface area contributed by atoms with Crippen LogP contribution in [0.5, 0.6) is 0 Å². The van der Waals surface area contributed by atoms with E-state index >= 15 is 0 Å². The zero-order valence-corrected chi connectivity index (χ0v) is 15.9. The first-order chi connectivity index (χ1) is 12.6. The number of hydrogen-bond donors (Lipinski definition) is 0. The molecule has 0 aromatic heterocycles. The normalized spacial score (nSPS) is 10.4. The predicted molar refractivity (Wildman–Crippen MR) is 107 cm³/mol. The molecule has 0 saturated carbocycles. The third kappa shape index (κ3) is 4.72. The van der Waals surface area contributed by atoms with E-state index in [9.17, 15) is 9.59 Å². The van der Waals surface area contributed by atoms with E-state index in [-0.39, 0.29) is 11.8 Å². The summed E-state index contributed by atoms with van der Waals surface area (Å²) >= 11 is 0. The van der Waals surface area contributed by atoms with Gasteiger partial charge in [0.1, 0.15) is 0 Å². The van der Waals surface area contributed by atoms with Crippen molar-refractivity contribution in [2.75, 3.05) is 24.5 Å². The van der Waals surface area contributed by atoms with Gasteiger partial charge in [-0.15, -0.1) is 0 Å². The first-order valence-corrected chi connectivity index (χ1v) is 9.38. The van der Waals surface area contributed by atoms with E-state index in [1.54, 1.807) is 29.2 Å². The van der Waals surface area contributed by atoms with Gasteiger partial charge in [0.2, 0.25) is 0 Å². The van der Waals surface area contributed by atoms with Crippen LogP contribution in [0.15, 0.2) is 54.6 Å². The number of amides is 2. The number of anilines is 1. The van der Waals surface area contributed by atoms with Gasteiger partial charge in [0.15, 0.2) is 0 Å². The van der Waals surface area contributed by atoms with Crippen LogP contribution in [0, 0.1) is 0 Å². The summed E-state index contributed by atoms with van der Waals surface area (Å²) in [4.78, 5) is 29.4. The molecular formula is C22H28N2O2. The van der Waals surface area contributed by atoms with Crippen molar-refractivity contribution in [2.24, 2.45) is 0 Å². The van der Waals surface area contributed by atoms with Gasteiger partial charge in [0.25, 0.3) is 11.8 Å². The SMILES string of the molecule is CCCN(CCC)C(=O)c1cccc(C(=O)N(CC)c2ccccc2)c1. The molecule has 0 N–H and O–H groups in total. The van der Waals surface area contributed by atoms with Gasteiger partial charge in [-0.3, -0.25) is 9.59 Å². The fraction of sp³-hybridized carbons (Fsp3) is 0.364. The van der Waals surface area contributed by atoms with E-state index < -0.39 is 0 Å². The first-order valence-electron chi connectivity index (χ1n) is 9.38. The zero-order chi connectivity index (χ0) is 18.9. The monoisotopic (exact) mass is 352 g/mol. The van der Waals surface area contributed by atoms with Crippen LogP contribution in [-0.2, 0) is 0 Å². The maximum atomic E-state index is 13.0. The van der Waals surface area contributed by atoms with Gasteiger partial charge in [-0.05, 0) is 50.1 Å². The Labute approximate surface area is 156 Å². The Kier molecular flexibility index (Phi) is 7.39. The lowest BCUT2D eigenvalue weighted by Gasteiger charge is -2.23. The third-order valence-corrected chi connectivity index (χ3v) is 4.26. The van der Waals surface area contributed by atoms with Crippen LogP contribution in [0.2, 0.25) is 0 Å². The Morgan fingerprint density at radius 2 is 1.35 bits per heavy atom. The molecule has 4 heteroatoms. The van der Waals surface area contributed by atoms with Crippen LogP contribution in [0.25, 0.3) is 0 Å². The fourth-order valence-corrected chi connectivity index (χ4v) is 3.03. The van der Waals surface area contributed by atoms with Gasteiger partial charge in [-0.1, -0.05) is 38.1 Å². The molecule has 2 amide bonds. The Balaban J connectivity index is 2.27. The van der Waals surface area contributed by atoms with Gasteiger partial charge in [0.05, 0.1) is 0 Å². The number of carbonyl (C=O) groups excluding carboxylic acids is 2. The van der Waals surface area contributed by atoms with Crippen molar-refractivity contribution in [2.45, 2.75) is 33.6 Å². The lowest BCUT2D eigenvalue weighted by Crippen LogP contribution is -2.33. The van der Waals surface area contributed by atoms with Crippen molar-refractivity contribution in [3.05, 3.63) is 65.7 Å². The second-order valence-electron chi connectivity index (χ2n) is 6.26. The third-order valence-electron chi connectivity index (χ3n) is 4.26. The number of para-hydroxylation sites is 1. The maximum absolute atomic E-state index is 13.0. The van der Waals surface area contributed by atoms with Gasteiger partial charge < -0.3 is 9.80 Å². The van der Waals surface area contributed by atoms with E-state index in [1.165, 1.54) is 0 Å². The molecule has 0 heterocycles. The van der Waals surface area contributed by atoms with E-state index in [4.69, 9.17) is 0 Å². The van der Waals surface area contributed by atoms with Gasteiger partial charge in [-0.2, -0.15) is 0 Å². The van der Waals surface area contributed by atoms with E-state index in [1.807, 2.05) is 42.2 Å². The number of rotatable bonds is 8. The quantitative estimate of drug-likeness (QED) is 0.696. The number of benzene rings is 2. The van der Waals surface area contributed by atoms with Crippen molar-refractivity contribution in [1.29, 1.82) is 0 Å². The van der Waals surface area contributed by atoms with E-state index in [0.29, 0.717) is 17.7 Å². The van der Waals surface area contributed by atoms with Gasteiger partial charge in [0, 0.05) is 36.4 Å². The molecule has 0 saturated heterocycles. The molecule has 0 atom stereocenters. The highest BCUT2D eigenvalue weighted by Crippen LogP contribution is 2.18. The Bertz CT molecular complexity index is 722. The van der Waals surface area contributed by atoms with E-state index in [2.05, 4.69) is 13.8 Å². The molecule has 0 aliphatic rings. The lowest BCUT2D eigenvalue weighted by molar-refractivity contribution is 0.0755. The second kappa shape index (κ2) is 9.76. The maximum Gasteiger partial charge on any atom is 0.258 e. The van der Waals surface area contributed by atoms with Crippen molar-refractivity contribution < 1.29 is 9.59 Å². The Morgan fingerprint density at radius 3 is 1.88 bits per heavy atom. The van der Waals surface area contributed by atoms with E-state index in [0.717, 1.165) is 31.6 Å². The topological polar surface area (TPSA) is 40.6 Å². The average Bonchev–Trinajstić information content (AvgIpc) is 2.68. The van der Waals surface area contributed by atoms with Crippen molar-refractivity contribution in [1.82, 2.24) is 4.90 Å². The van der Waals surface area contributed by atoms with Crippen LogP contribution >= 0.6 is 0 Å². The van der Waals surface area contributed by atoms with Gasteiger partial charge in [-0.25, -0.2) is 0 Å². The standard InChI is InChI=1S/C22H28N2O2/c1-4-15-23(16-5-2)21(25)18-11-10-12-19(17-18)22(26)24(6-3)20-13-8-7-9-14-20/h7-14,17H,4-6,15-16H2,1-3H3. The van der Waals surface area contributed by atoms with Crippen LogP contribution in [-0.4, -0.2) is 36.3 Å². The highest BCUT2D eigenvalue weighted by atomic mass is 16.2. The minimum atomic E-state index is -0.0918. The summed E-state index contributed by atoms with van der Waals surface area (Å²) in [6.07, 6.45) is 1.84. The number of hydrogen-bond acceptors (Lipinski definition) is 2. The van der Waals surface area contributed by atoms with Crippen LogP contribution in [0.4, 0.5) is 5.69 Å². The molecule has 26 heavy (non-hydrogen) atoms. The minimum Gasteiger partial charge on any atom is -0.339 e. The molecule has 138 valence electrons. The Morgan fingerprint density at radius 1 is 0.769 bits per heavy atom. The molecule has 0 radical (unpaired) electrons. The summed E-state index contributed by atoms with van der Waals surface area (Å²) in [7, 11) is 0. The van der Waals surface area contributed by atoms with Crippen LogP contribution in [0.3, 0.4) is 0 Å². The molecule has 0 fully saturated rings. The van der Waals surface area contributed by atoms with Crippen LogP contribution < -0.4 is 4.90 Å². The predicted octanol–water partition coefficient (Wildman–Crippen LogP) is 4.62. The molecule has 0 bridgehead atoms. The highest BCUT2D eigenvalue weighted by molar-refractivity contribution is 6.07. The first kappa shape index (κ1) is 19.7. The smallest absolute Gasteiger partial charge is 0.258 e. The lowest BCUT2D eigenvalue weighted by atomic mass is 10.1. The molecule has 2 aromatic rings.